The second-order valence-corrected chi connectivity index (χ2v) is 4.38. The highest BCUT2D eigenvalue weighted by Gasteiger charge is 2.08. The molecule has 0 aliphatic carbocycles. The minimum atomic E-state index is -0.221. The smallest absolute Gasteiger partial charge is 0.255 e. The molecule has 0 saturated heterocycles. The van der Waals surface area contributed by atoms with Crippen LogP contribution >= 0.6 is 11.5 Å². The molecule has 0 N–H and O–H groups in total. The van der Waals surface area contributed by atoms with Gasteiger partial charge in [0.15, 0.2) is 0 Å². The number of hydrogen-bond acceptors (Lipinski definition) is 3. The highest BCUT2D eigenvalue weighted by Crippen LogP contribution is 2.01. The lowest BCUT2D eigenvalue weighted by atomic mass is 10.2. The number of aromatic nitrogens is 2. The first-order valence-electron chi connectivity index (χ1n) is 5.07. The Balaban J connectivity index is 2.37. The molecule has 16 heavy (non-hydrogen) atoms. The molecular formula is C11H12N2O2S. The van der Waals surface area contributed by atoms with Crippen LogP contribution in [0, 0.1) is 0 Å². The second kappa shape index (κ2) is 4.49. The molecule has 84 valence electrons. The second-order valence-electron chi connectivity index (χ2n) is 3.41. The third kappa shape index (κ3) is 1.99. The largest absolute Gasteiger partial charge is 0.341 e. The summed E-state index contributed by atoms with van der Waals surface area (Å²) >= 11 is 0.972. The van der Waals surface area contributed by atoms with E-state index in [1.165, 1.54) is 8.52 Å². The fourth-order valence-corrected chi connectivity index (χ4v) is 2.39. The first-order valence-corrected chi connectivity index (χ1v) is 5.84. The van der Waals surface area contributed by atoms with Crippen LogP contribution in [0.3, 0.4) is 0 Å². The molecule has 0 spiro atoms. The van der Waals surface area contributed by atoms with Gasteiger partial charge in [0.25, 0.3) is 0 Å². The Hall–Kier alpha value is -1.62. The Kier molecular flexibility index (Phi) is 3.05. The molecule has 1 aromatic carbocycles. The maximum atomic E-state index is 11.8. The maximum absolute atomic E-state index is 11.8. The van der Waals surface area contributed by atoms with E-state index in [1.807, 2.05) is 30.3 Å². The molecule has 1 aromatic heterocycles. The molecule has 0 saturated carbocycles. The predicted molar refractivity (Wildman–Crippen MR) is 64.1 cm³/mol. The summed E-state index contributed by atoms with van der Waals surface area (Å²) in [5.74, 6) is 0. The zero-order valence-electron chi connectivity index (χ0n) is 8.92. The predicted octanol–water partition coefficient (Wildman–Crippen LogP) is 1.14. The van der Waals surface area contributed by atoms with Gasteiger partial charge in [0, 0.05) is 18.1 Å². The van der Waals surface area contributed by atoms with E-state index in [1.54, 1.807) is 6.92 Å². The summed E-state index contributed by atoms with van der Waals surface area (Å²) in [6, 6.07) is 9.63. The molecule has 1 heterocycles. The van der Waals surface area contributed by atoms with Crippen molar-refractivity contribution < 1.29 is 0 Å². The Morgan fingerprint density at radius 3 is 2.44 bits per heavy atom. The number of nitrogens with zero attached hydrogens (tertiary/aromatic N) is 2. The summed E-state index contributed by atoms with van der Waals surface area (Å²) in [6.45, 7) is 2.69. The summed E-state index contributed by atoms with van der Waals surface area (Å²) in [7, 11) is 0. The van der Waals surface area contributed by atoms with Crippen LogP contribution in [0.4, 0.5) is 0 Å². The van der Waals surface area contributed by atoms with E-state index in [2.05, 4.69) is 0 Å². The molecule has 0 radical (unpaired) electrons. The van der Waals surface area contributed by atoms with Crippen LogP contribution in [-0.2, 0) is 13.1 Å². The monoisotopic (exact) mass is 236 g/mol. The SMILES string of the molecule is CCn1c(=O)sn(Cc2ccccc2)c1=O. The van der Waals surface area contributed by atoms with Gasteiger partial charge in [-0.1, -0.05) is 30.3 Å². The topological polar surface area (TPSA) is 44.0 Å². The normalized spacial score (nSPS) is 10.6. The van der Waals surface area contributed by atoms with Gasteiger partial charge in [-0.3, -0.25) is 4.79 Å². The molecule has 0 fully saturated rings. The Labute approximate surface area is 96.5 Å². The van der Waals surface area contributed by atoms with E-state index in [9.17, 15) is 9.59 Å². The molecule has 0 aliphatic heterocycles. The fraction of sp³-hybridized carbons (Fsp3) is 0.273. The summed E-state index contributed by atoms with van der Waals surface area (Å²) in [4.78, 5) is 23.0. The van der Waals surface area contributed by atoms with Crippen molar-refractivity contribution in [2.24, 2.45) is 0 Å². The van der Waals surface area contributed by atoms with E-state index >= 15 is 0 Å². The molecule has 0 unspecified atom stereocenters. The molecule has 0 amide bonds. The van der Waals surface area contributed by atoms with Gasteiger partial charge >= 0.3 is 10.6 Å². The first kappa shape index (κ1) is 10.9. The van der Waals surface area contributed by atoms with Crippen LogP contribution in [0.1, 0.15) is 12.5 Å². The Morgan fingerprint density at radius 2 is 1.88 bits per heavy atom. The Morgan fingerprint density at radius 1 is 1.19 bits per heavy atom. The molecule has 5 heteroatoms. The number of benzene rings is 1. The van der Waals surface area contributed by atoms with Gasteiger partial charge in [0.1, 0.15) is 0 Å². The van der Waals surface area contributed by atoms with Crippen molar-refractivity contribution in [3.05, 3.63) is 56.0 Å². The zero-order valence-corrected chi connectivity index (χ0v) is 9.74. The summed E-state index contributed by atoms with van der Waals surface area (Å²) < 4.78 is 2.73. The van der Waals surface area contributed by atoms with E-state index in [4.69, 9.17) is 0 Å². The van der Waals surface area contributed by atoms with Crippen molar-refractivity contribution in [3.8, 4) is 0 Å². The molecular weight excluding hydrogens is 224 g/mol. The van der Waals surface area contributed by atoms with Gasteiger partial charge in [-0.15, -0.1) is 0 Å². The maximum Gasteiger partial charge on any atom is 0.341 e. The highest BCUT2D eigenvalue weighted by molar-refractivity contribution is 7.03. The van der Waals surface area contributed by atoms with Gasteiger partial charge < -0.3 is 0 Å². The van der Waals surface area contributed by atoms with Gasteiger partial charge in [0.2, 0.25) is 0 Å². The lowest BCUT2D eigenvalue weighted by molar-refractivity contribution is 0.664. The average Bonchev–Trinajstić information content (AvgIpc) is 2.55. The van der Waals surface area contributed by atoms with Crippen molar-refractivity contribution in [1.29, 1.82) is 0 Å². The molecule has 2 rings (SSSR count). The van der Waals surface area contributed by atoms with Crippen LogP contribution in [0.15, 0.2) is 39.9 Å². The first-order chi connectivity index (χ1) is 7.72. The third-order valence-corrected chi connectivity index (χ3v) is 3.22. The van der Waals surface area contributed by atoms with E-state index in [0.717, 1.165) is 17.1 Å². The number of rotatable bonds is 3. The minimum absolute atomic E-state index is 0.191. The van der Waals surface area contributed by atoms with Gasteiger partial charge in [-0.25, -0.2) is 13.3 Å². The van der Waals surface area contributed by atoms with Crippen LogP contribution in [-0.4, -0.2) is 8.52 Å². The lowest BCUT2D eigenvalue weighted by Crippen LogP contribution is -2.28. The zero-order chi connectivity index (χ0) is 11.5. The standard InChI is InChI=1S/C11H12N2O2S/c1-2-12-10(14)13(16-11(12)15)8-9-6-4-3-5-7-9/h3-7H,2,8H2,1H3. The van der Waals surface area contributed by atoms with Crippen molar-refractivity contribution >= 4 is 11.5 Å². The molecule has 0 atom stereocenters. The fourth-order valence-electron chi connectivity index (χ4n) is 1.51. The summed E-state index contributed by atoms with van der Waals surface area (Å²) in [5, 5.41) is 0. The number of hydrogen-bond donors (Lipinski definition) is 0. The van der Waals surface area contributed by atoms with Crippen LogP contribution in [0.2, 0.25) is 0 Å². The van der Waals surface area contributed by atoms with Crippen LogP contribution in [0.25, 0.3) is 0 Å². The van der Waals surface area contributed by atoms with Gasteiger partial charge in [-0.2, -0.15) is 0 Å². The molecule has 0 aliphatic rings. The van der Waals surface area contributed by atoms with Crippen molar-refractivity contribution in [1.82, 2.24) is 8.52 Å². The van der Waals surface area contributed by atoms with Crippen molar-refractivity contribution in [3.63, 3.8) is 0 Å². The van der Waals surface area contributed by atoms with Crippen molar-refractivity contribution in [2.45, 2.75) is 20.0 Å². The summed E-state index contributed by atoms with van der Waals surface area (Å²) in [6.07, 6.45) is 0. The van der Waals surface area contributed by atoms with E-state index in [-0.39, 0.29) is 10.6 Å². The Bertz CT molecular complexity index is 580. The third-order valence-electron chi connectivity index (χ3n) is 2.34. The van der Waals surface area contributed by atoms with E-state index in [0.29, 0.717) is 13.1 Å². The quantitative estimate of drug-likeness (QED) is 0.802. The van der Waals surface area contributed by atoms with Crippen LogP contribution in [0.5, 0.6) is 0 Å². The van der Waals surface area contributed by atoms with Gasteiger partial charge in [0.05, 0.1) is 6.54 Å². The highest BCUT2D eigenvalue weighted by atomic mass is 32.1. The van der Waals surface area contributed by atoms with Crippen molar-refractivity contribution in [2.75, 3.05) is 0 Å². The molecule has 2 aromatic rings. The van der Waals surface area contributed by atoms with Gasteiger partial charge in [-0.05, 0) is 12.5 Å². The lowest BCUT2D eigenvalue weighted by Gasteiger charge is -1.99. The minimum Gasteiger partial charge on any atom is -0.255 e. The average molecular weight is 236 g/mol. The molecule has 4 nitrogen and oxygen atoms in total. The molecule has 0 bridgehead atoms. The van der Waals surface area contributed by atoms with E-state index < -0.39 is 0 Å². The summed E-state index contributed by atoms with van der Waals surface area (Å²) in [5.41, 5.74) is 0.801. The van der Waals surface area contributed by atoms with Crippen LogP contribution < -0.4 is 10.6 Å².